The Kier molecular flexibility index (Phi) is 4.15. The van der Waals surface area contributed by atoms with Crippen molar-refractivity contribution in [2.45, 2.75) is 44.7 Å². The molecule has 2 heterocycles. The van der Waals surface area contributed by atoms with Crippen LogP contribution in [0.3, 0.4) is 0 Å². The van der Waals surface area contributed by atoms with Crippen molar-refractivity contribution in [3.05, 3.63) is 33.1 Å². The Balaban J connectivity index is 1.60. The Morgan fingerprint density at radius 2 is 2.23 bits per heavy atom. The average molecular weight is 306 g/mol. The van der Waals surface area contributed by atoms with Gasteiger partial charge in [0.25, 0.3) is 5.56 Å². The maximum absolute atomic E-state index is 12.6. The van der Waals surface area contributed by atoms with Crippen LogP contribution in [0.25, 0.3) is 0 Å². The molecule has 22 heavy (non-hydrogen) atoms. The van der Waals surface area contributed by atoms with Crippen LogP contribution in [0.15, 0.2) is 21.9 Å². The summed E-state index contributed by atoms with van der Waals surface area (Å²) >= 11 is 0. The molecule has 0 unspecified atom stereocenters. The summed E-state index contributed by atoms with van der Waals surface area (Å²) in [5.41, 5.74) is -1.13. The first-order chi connectivity index (χ1) is 10.6. The quantitative estimate of drug-likeness (QED) is 0.703. The fraction of sp³-hybridized carbons (Fsp3) is 0.667. The molecule has 7 nitrogen and oxygen atoms in total. The van der Waals surface area contributed by atoms with E-state index < -0.39 is 11.2 Å². The van der Waals surface area contributed by atoms with Gasteiger partial charge >= 0.3 is 5.69 Å². The van der Waals surface area contributed by atoms with Crippen LogP contribution in [0, 0.1) is 5.41 Å². The highest BCUT2D eigenvalue weighted by atomic mass is 16.2. The number of carbonyl (C=O) groups excluding carboxylic acids is 1. The van der Waals surface area contributed by atoms with Gasteiger partial charge < -0.3 is 10.6 Å². The minimum absolute atomic E-state index is 0.0969. The number of aromatic nitrogens is 2. The number of hydrogen-bond acceptors (Lipinski definition) is 4. The number of nitrogens with one attached hydrogen (secondary N) is 3. The Morgan fingerprint density at radius 1 is 1.36 bits per heavy atom. The molecule has 1 amide bonds. The van der Waals surface area contributed by atoms with Gasteiger partial charge in [-0.1, -0.05) is 12.8 Å². The lowest BCUT2D eigenvalue weighted by atomic mass is 9.70. The van der Waals surface area contributed by atoms with E-state index in [-0.39, 0.29) is 17.4 Å². The zero-order valence-corrected chi connectivity index (χ0v) is 12.6. The second-order valence-corrected chi connectivity index (χ2v) is 6.22. The smallest absolute Gasteiger partial charge is 0.328 e. The zero-order valence-electron chi connectivity index (χ0n) is 12.6. The molecule has 3 rings (SSSR count). The standard InChI is InChI=1S/C15H22N4O3/c20-12-4-9-19(14(22)18-12)10-8-17-13(21)15-5-2-1-3-11(15)16-7-6-15/h4,9,11,16H,1-3,5-8,10H2,(H,17,21)(H,18,20,22)/t11-,15+/m0/s1. The Labute approximate surface area is 128 Å². The molecule has 7 heteroatoms. The summed E-state index contributed by atoms with van der Waals surface area (Å²) in [4.78, 5) is 37.4. The van der Waals surface area contributed by atoms with Crippen molar-refractivity contribution in [2.24, 2.45) is 5.41 Å². The molecule has 1 aromatic heterocycles. The van der Waals surface area contributed by atoms with E-state index in [2.05, 4.69) is 15.6 Å². The molecule has 0 aromatic carbocycles. The number of carbonyl (C=O) groups is 1. The van der Waals surface area contributed by atoms with E-state index in [1.54, 1.807) is 0 Å². The second-order valence-electron chi connectivity index (χ2n) is 6.22. The molecular weight excluding hydrogens is 284 g/mol. The van der Waals surface area contributed by atoms with Crippen molar-refractivity contribution >= 4 is 5.91 Å². The van der Waals surface area contributed by atoms with Crippen LogP contribution in [0.1, 0.15) is 32.1 Å². The van der Waals surface area contributed by atoms with Crippen molar-refractivity contribution in [3.8, 4) is 0 Å². The molecular formula is C15H22N4O3. The highest BCUT2D eigenvalue weighted by Crippen LogP contribution is 2.42. The molecule has 0 radical (unpaired) electrons. The summed E-state index contributed by atoms with van der Waals surface area (Å²) in [7, 11) is 0. The minimum Gasteiger partial charge on any atom is -0.354 e. The summed E-state index contributed by atoms with van der Waals surface area (Å²) in [6, 6.07) is 1.59. The van der Waals surface area contributed by atoms with Crippen LogP contribution in [0.5, 0.6) is 0 Å². The molecule has 1 saturated heterocycles. The first-order valence-corrected chi connectivity index (χ1v) is 7.93. The molecule has 120 valence electrons. The molecule has 2 aliphatic rings. The molecule has 3 N–H and O–H groups in total. The average Bonchev–Trinajstić information content (AvgIpc) is 2.94. The van der Waals surface area contributed by atoms with Crippen molar-refractivity contribution in [1.29, 1.82) is 0 Å². The Hall–Kier alpha value is -1.89. The van der Waals surface area contributed by atoms with Crippen molar-refractivity contribution in [3.63, 3.8) is 0 Å². The summed E-state index contributed by atoms with van der Waals surface area (Å²) in [6.45, 7) is 1.65. The van der Waals surface area contributed by atoms with Crippen LogP contribution in [0.4, 0.5) is 0 Å². The fourth-order valence-electron chi connectivity index (χ4n) is 3.78. The topological polar surface area (TPSA) is 96.0 Å². The van der Waals surface area contributed by atoms with Gasteiger partial charge in [-0.3, -0.25) is 19.1 Å². The lowest BCUT2D eigenvalue weighted by molar-refractivity contribution is -0.133. The lowest BCUT2D eigenvalue weighted by Gasteiger charge is -2.37. The number of nitrogens with zero attached hydrogens (tertiary/aromatic N) is 1. The molecule has 2 fully saturated rings. The molecule has 0 bridgehead atoms. The number of hydrogen-bond donors (Lipinski definition) is 3. The van der Waals surface area contributed by atoms with Crippen molar-refractivity contribution in [2.75, 3.05) is 13.1 Å². The third kappa shape index (κ3) is 2.72. The minimum atomic E-state index is -0.446. The first-order valence-electron chi connectivity index (χ1n) is 7.93. The third-order valence-electron chi connectivity index (χ3n) is 4.98. The summed E-state index contributed by atoms with van der Waals surface area (Å²) in [5, 5.41) is 6.42. The molecule has 1 saturated carbocycles. The predicted molar refractivity (Wildman–Crippen MR) is 81.6 cm³/mol. The highest BCUT2D eigenvalue weighted by Gasteiger charge is 2.49. The number of aromatic amines is 1. The fourth-order valence-corrected chi connectivity index (χ4v) is 3.78. The number of H-pyrrole nitrogens is 1. The van der Waals surface area contributed by atoms with E-state index in [0.29, 0.717) is 13.1 Å². The van der Waals surface area contributed by atoms with E-state index in [1.807, 2.05) is 0 Å². The second kappa shape index (κ2) is 6.08. The number of fused-ring (bicyclic) bond motifs is 1. The van der Waals surface area contributed by atoms with E-state index in [9.17, 15) is 14.4 Å². The zero-order chi connectivity index (χ0) is 15.6. The number of amides is 1. The summed E-state index contributed by atoms with van der Waals surface area (Å²) in [5.74, 6) is 0.0969. The normalized spacial score (nSPS) is 27.4. The summed E-state index contributed by atoms with van der Waals surface area (Å²) in [6.07, 6.45) is 6.63. The van der Waals surface area contributed by atoms with Gasteiger partial charge in [0.15, 0.2) is 0 Å². The maximum Gasteiger partial charge on any atom is 0.328 e. The SMILES string of the molecule is O=C(NCCn1ccc(=O)[nH]c1=O)[C@@]12CCCC[C@@H]1NCC2. The predicted octanol–water partition coefficient (Wildman–Crippen LogP) is -0.425. The molecule has 1 aliphatic heterocycles. The lowest BCUT2D eigenvalue weighted by Crippen LogP contribution is -2.51. The first kappa shape index (κ1) is 15.0. The van der Waals surface area contributed by atoms with Crippen molar-refractivity contribution in [1.82, 2.24) is 20.2 Å². The highest BCUT2D eigenvalue weighted by molar-refractivity contribution is 5.84. The largest absolute Gasteiger partial charge is 0.354 e. The van der Waals surface area contributed by atoms with Crippen LogP contribution in [-0.4, -0.2) is 34.6 Å². The molecule has 1 aromatic rings. The van der Waals surface area contributed by atoms with Crippen LogP contribution in [-0.2, 0) is 11.3 Å². The van der Waals surface area contributed by atoms with Crippen LogP contribution < -0.4 is 21.9 Å². The molecule has 0 spiro atoms. The van der Waals surface area contributed by atoms with E-state index in [0.717, 1.165) is 32.2 Å². The molecule has 2 atom stereocenters. The van der Waals surface area contributed by atoms with E-state index in [4.69, 9.17) is 0 Å². The third-order valence-corrected chi connectivity index (χ3v) is 4.98. The van der Waals surface area contributed by atoms with Crippen LogP contribution >= 0.6 is 0 Å². The van der Waals surface area contributed by atoms with Gasteiger partial charge in [-0.25, -0.2) is 4.79 Å². The van der Waals surface area contributed by atoms with Gasteiger partial charge in [-0.05, 0) is 25.8 Å². The van der Waals surface area contributed by atoms with Gasteiger partial charge in [-0.15, -0.1) is 0 Å². The van der Waals surface area contributed by atoms with E-state index >= 15 is 0 Å². The van der Waals surface area contributed by atoms with Gasteiger partial charge in [0.1, 0.15) is 0 Å². The summed E-state index contributed by atoms with van der Waals surface area (Å²) < 4.78 is 1.39. The van der Waals surface area contributed by atoms with E-state index in [1.165, 1.54) is 23.3 Å². The molecule has 1 aliphatic carbocycles. The van der Waals surface area contributed by atoms with Gasteiger partial charge in [0.05, 0.1) is 5.41 Å². The van der Waals surface area contributed by atoms with Crippen LogP contribution in [0.2, 0.25) is 0 Å². The van der Waals surface area contributed by atoms with Gasteiger partial charge in [-0.2, -0.15) is 0 Å². The maximum atomic E-state index is 12.6. The van der Waals surface area contributed by atoms with Crippen molar-refractivity contribution < 1.29 is 4.79 Å². The van der Waals surface area contributed by atoms with Gasteiger partial charge in [0.2, 0.25) is 5.91 Å². The van der Waals surface area contributed by atoms with Gasteiger partial charge in [0, 0.05) is 31.4 Å². The monoisotopic (exact) mass is 306 g/mol. The number of rotatable bonds is 4. The Morgan fingerprint density at radius 3 is 3.05 bits per heavy atom. The Bertz CT molecular complexity index is 665.